The molecule has 2 atom stereocenters. The lowest BCUT2D eigenvalue weighted by molar-refractivity contribution is -0.870. The number of hydrogen-bond acceptors (Lipinski definition) is 8. The van der Waals surface area contributed by atoms with E-state index in [-0.39, 0.29) is 32.0 Å². The van der Waals surface area contributed by atoms with Gasteiger partial charge in [-0.05, 0) is 103 Å². The van der Waals surface area contributed by atoms with Crippen LogP contribution in [0.1, 0.15) is 309 Å². The lowest BCUT2D eigenvalue weighted by Gasteiger charge is -2.28. The van der Waals surface area contributed by atoms with E-state index in [4.69, 9.17) is 18.5 Å². The third-order valence-corrected chi connectivity index (χ3v) is 16.2. The first-order chi connectivity index (χ1) is 42.0. The largest absolute Gasteiger partial charge is 0.756 e. The minimum atomic E-state index is -4.65. The molecule has 9 nitrogen and oxygen atoms in total. The summed E-state index contributed by atoms with van der Waals surface area (Å²) in [5.41, 5.74) is 0. The van der Waals surface area contributed by atoms with Crippen molar-refractivity contribution in [3.63, 3.8) is 0 Å². The highest BCUT2D eigenvalue weighted by Gasteiger charge is 2.22. The number of rotatable bonds is 65. The van der Waals surface area contributed by atoms with E-state index < -0.39 is 26.5 Å². The molecule has 0 aromatic rings. The van der Waals surface area contributed by atoms with E-state index in [1.165, 1.54) is 180 Å². The molecule has 0 N–H and O–H groups in total. The van der Waals surface area contributed by atoms with Gasteiger partial charge in [-0.15, -0.1) is 0 Å². The van der Waals surface area contributed by atoms with Gasteiger partial charge in [0.1, 0.15) is 19.8 Å². The SMILES string of the molecule is CC/C=C\C/C=C\C/C=C\C/C=C\C/C=C\C/C=C\C/C=C\CCCCCCCCCCCC(=O)OC(COC(=O)CCCCCCCCCCCCCCCCCCCCC/C=C\C/C=C\CCCCCCC)COP(=O)([O-])OCC[N+](C)(C)C. The third kappa shape index (κ3) is 69.8. The Labute approximate surface area is 531 Å². The van der Waals surface area contributed by atoms with Gasteiger partial charge in [-0.1, -0.05) is 303 Å². The van der Waals surface area contributed by atoms with Crippen LogP contribution < -0.4 is 4.89 Å². The molecule has 0 saturated carbocycles. The number of hydrogen-bond donors (Lipinski definition) is 0. The van der Waals surface area contributed by atoms with Crippen molar-refractivity contribution in [3.8, 4) is 0 Å². The van der Waals surface area contributed by atoms with E-state index >= 15 is 0 Å². The van der Waals surface area contributed by atoms with Gasteiger partial charge >= 0.3 is 11.9 Å². The number of phosphoric ester groups is 1. The summed E-state index contributed by atoms with van der Waals surface area (Å²) in [7, 11) is 1.16. The van der Waals surface area contributed by atoms with E-state index in [9.17, 15) is 19.0 Å². The summed E-state index contributed by atoms with van der Waals surface area (Å²) < 4.78 is 34.3. The van der Waals surface area contributed by atoms with Gasteiger partial charge in [-0.3, -0.25) is 14.2 Å². The lowest BCUT2D eigenvalue weighted by atomic mass is 10.0. The first-order valence-electron chi connectivity index (χ1n) is 35.6. The molecule has 496 valence electrons. The number of nitrogens with zero attached hydrogens (tertiary/aromatic N) is 1. The van der Waals surface area contributed by atoms with E-state index in [1.54, 1.807) is 0 Å². The van der Waals surface area contributed by atoms with Gasteiger partial charge in [-0.25, -0.2) is 0 Å². The zero-order valence-corrected chi connectivity index (χ0v) is 57.4. The third-order valence-electron chi connectivity index (χ3n) is 15.3. The number of quaternary nitrogens is 1. The molecule has 0 spiro atoms. The molecular formula is C76H134NO8P. The average Bonchev–Trinajstić information content (AvgIpc) is 3.56. The first kappa shape index (κ1) is 82.7. The number of phosphoric acid groups is 1. The van der Waals surface area contributed by atoms with Crippen molar-refractivity contribution in [3.05, 3.63) is 109 Å². The molecule has 10 heteroatoms. The number of carbonyl (C=O) groups is 2. The highest BCUT2D eigenvalue weighted by Crippen LogP contribution is 2.38. The Hall–Kier alpha value is -3.33. The van der Waals surface area contributed by atoms with Crippen LogP contribution in [0.25, 0.3) is 0 Å². The molecule has 0 amide bonds. The summed E-state index contributed by atoms with van der Waals surface area (Å²) >= 11 is 0. The zero-order chi connectivity index (χ0) is 62.6. The van der Waals surface area contributed by atoms with Crippen molar-refractivity contribution in [1.29, 1.82) is 0 Å². The number of likely N-dealkylation sites (N-methyl/N-ethyl adjacent to an activating group) is 1. The second-order valence-corrected chi connectivity index (χ2v) is 26.3. The summed E-state index contributed by atoms with van der Waals surface area (Å²) in [6.45, 7) is 4.13. The maximum absolute atomic E-state index is 12.9. The van der Waals surface area contributed by atoms with Gasteiger partial charge in [0, 0.05) is 12.8 Å². The van der Waals surface area contributed by atoms with Crippen LogP contribution in [0.15, 0.2) is 109 Å². The van der Waals surface area contributed by atoms with Crippen molar-refractivity contribution in [2.75, 3.05) is 47.5 Å². The summed E-state index contributed by atoms with van der Waals surface area (Å²) in [5, 5.41) is 0. The van der Waals surface area contributed by atoms with Crippen LogP contribution in [0, 0.1) is 0 Å². The average molecular weight is 1220 g/mol. The maximum Gasteiger partial charge on any atom is 0.306 e. The minimum Gasteiger partial charge on any atom is -0.756 e. The topological polar surface area (TPSA) is 111 Å². The van der Waals surface area contributed by atoms with Crippen LogP contribution in [0.4, 0.5) is 0 Å². The van der Waals surface area contributed by atoms with Crippen molar-refractivity contribution < 1.29 is 42.1 Å². The predicted molar refractivity (Wildman–Crippen MR) is 369 cm³/mol. The number of ether oxygens (including phenoxy) is 2. The molecule has 0 aromatic heterocycles. The van der Waals surface area contributed by atoms with Crippen LogP contribution in [0.2, 0.25) is 0 Å². The van der Waals surface area contributed by atoms with Gasteiger partial charge in [-0.2, -0.15) is 0 Å². The van der Waals surface area contributed by atoms with Crippen LogP contribution >= 0.6 is 7.82 Å². The second-order valence-electron chi connectivity index (χ2n) is 24.9. The Morgan fingerprint density at radius 2 is 0.663 bits per heavy atom. The zero-order valence-electron chi connectivity index (χ0n) is 56.5. The van der Waals surface area contributed by atoms with E-state index in [0.717, 1.165) is 96.3 Å². The van der Waals surface area contributed by atoms with Gasteiger partial charge in [0.25, 0.3) is 7.82 Å². The minimum absolute atomic E-state index is 0.0357. The smallest absolute Gasteiger partial charge is 0.306 e. The number of esters is 2. The second kappa shape index (κ2) is 66.1. The summed E-state index contributed by atoms with van der Waals surface area (Å²) in [6, 6.07) is 0. The van der Waals surface area contributed by atoms with E-state index in [2.05, 4.69) is 123 Å². The van der Waals surface area contributed by atoms with Crippen molar-refractivity contribution >= 4 is 19.8 Å². The molecular weight excluding hydrogens is 1090 g/mol. The Bertz CT molecular complexity index is 1820. The molecule has 0 aliphatic rings. The molecule has 0 bridgehead atoms. The van der Waals surface area contributed by atoms with Gasteiger partial charge < -0.3 is 27.9 Å². The number of allylic oxidation sites excluding steroid dienone is 18. The summed E-state index contributed by atoms with van der Waals surface area (Å²) in [5.74, 6) is -0.835. The number of carbonyl (C=O) groups excluding carboxylic acids is 2. The van der Waals surface area contributed by atoms with Crippen LogP contribution in [0.5, 0.6) is 0 Å². The maximum atomic E-state index is 12.9. The number of unbranched alkanes of at least 4 members (excludes halogenated alkanes) is 33. The van der Waals surface area contributed by atoms with Crippen molar-refractivity contribution in [1.82, 2.24) is 0 Å². The fourth-order valence-corrected chi connectivity index (χ4v) is 10.6. The monoisotopic (exact) mass is 1220 g/mol. The molecule has 0 aliphatic heterocycles. The molecule has 0 heterocycles. The first-order valence-corrected chi connectivity index (χ1v) is 37.1. The summed E-state index contributed by atoms with van der Waals surface area (Å²) in [4.78, 5) is 38.1. The molecule has 0 rings (SSSR count). The Morgan fingerprint density at radius 1 is 0.372 bits per heavy atom. The Balaban J connectivity index is 4.07. The van der Waals surface area contributed by atoms with Crippen LogP contribution in [-0.4, -0.2) is 70.0 Å². The van der Waals surface area contributed by atoms with Crippen molar-refractivity contribution in [2.45, 2.75) is 315 Å². The predicted octanol–water partition coefficient (Wildman–Crippen LogP) is 22.6. The quantitative estimate of drug-likeness (QED) is 0.0195. The molecule has 0 aromatic carbocycles. The van der Waals surface area contributed by atoms with E-state index in [1.807, 2.05) is 21.1 Å². The van der Waals surface area contributed by atoms with Gasteiger partial charge in [0.05, 0.1) is 27.7 Å². The van der Waals surface area contributed by atoms with Gasteiger partial charge in [0.15, 0.2) is 6.10 Å². The molecule has 0 fully saturated rings. The molecule has 2 unspecified atom stereocenters. The van der Waals surface area contributed by atoms with Crippen molar-refractivity contribution in [2.24, 2.45) is 0 Å². The molecule has 86 heavy (non-hydrogen) atoms. The Morgan fingerprint density at radius 3 is 0.988 bits per heavy atom. The lowest BCUT2D eigenvalue weighted by Crippen LogP contribution is -2.37. The molecule has 0 aliphatic carbocycles. The van der Waals surface area contributed by atoms with Crippen LogP contribution in [0.3, 0.4) is 0 Å². The van der Waals surface area contributed by atoms with E-state index in [0.29, 0.717) is 17.4 Å². The van der Waals surface area contributed by atoms with Gasteiger partial charge in [0.2, 0.25) is 0 Å². The Kier molecular flexibility index (Phi) is 63.5. The highest BCUT2D eigenvalue weighted by atomic mass is 31.2. The molecule has 0 saturated heterocycles. The van der Waals surface area contributed by atoms with Crippen LogP contribution in [-0.2, 0) is 32.7 Å². The fraction of sp³-hybridized carbons (Fsp3) is 0.737. The normalized spacial score (nSPS) is 13.8. The molecule has 0 radical (unpaired) electrons. The standard InChI is InChI=1S/C76H134NO8P/c1-6-8-10-12-14-16-18-20-22-24-26-28-30-32-34-36-38-40-42-44-46-48-50-52-54-56-58-60-62-64-66-68-75(78)82-72-74(73-84-86(80,81)83-71-70-77(3,4)5)85-76(79)69-67-65-63-61-59-57-55-53-51-49-47-45-43-41-39-37-35-33-31-29-27-25-23-21-19-17-15-13-11-9-7-2/h9,11,15,17-18,20-21,23-24,26-27,29,33,35,39,41,45,47,74H,6-8,10,12-14,16,19,22,25,28,30-32,34,36-38,40,42-44,46,48-73H2,1-5H3/b11-9-,17-15-,20-18-,23-21-,26-24-,29-27-,35-33-,41-39-,47-45-. The fourth-order valence-electron chi connectivity index (χ4n) is 9.85. The summed E-state index contributed by atoms with van der Waals surface area (Å²) in [6.07, 6.45) is 93.1. The highest BCUT2D eigenvalue weighted by molar-refractivity contribution is 7.45.